The molecule has 17 heavy (non-hydrogen) atoms. The Morgan fingerprint density at radius 2 is 2.47 bits per heavy atom. The molecule has 0 bridgehead atoms. The van der Waals surface area contributed by atoms with Crippen LogP contribution in [0.5, 0.6) is 0 Å². The van der Waals surface area contributed by atoms with Crippen molar-refractivity contribution in [2.45, 2.75) is 31.0 Å². The first-order valence-corrected chi connectivity index (χ1v) is 5.19. The highest BCUT2D eigenvalue weighted by atomic mass is 19.1. The number of aliphatic hydroxyl groups is 2. The van der Waals surface area contributed by atoms with Crippen molar-refractivity contribution in [3.8, 4) is 0 Å². The fraction of sp³-hybridized carbons (Fsp3) is 0.778. The van der Waals surface area contributed by atoms with Gasteiger partial charge in [-0.3, -0.25) is 0 Å². The fourth-order valence-electron chi connectivity index (χ4n) is 1.77. The molecule has 1 saturated heterocycles. The minimum atomic E-state index is -1.67. The van der Waals surface area contributed by atoms with E-state index in [0.717, 1.165) is 0 Å². The van der Waals surface area contributed by atoms with E-state index in [1.54, 1.807) is 0 Å². The summed E-state index contributed by atoms with van der Waals surface area (Å²) in [5, 5.41) is 23.9. The standard InChI is InChI=1S/C9H15FN4O3/c1-9(3-15)7(16)6(10)8(17-9)14-4-12-5(11)2-13-14/h2,6-8,15-16H,3-4H2,1H3,(H2,11,12). The summed E-state index contributed by atoms with van der Waals surface area (Å²) in [6.45, 7) is 1.02. The van der Waals surface area contributed by atoms with Gasteiger partial charge in [-0.2, -0.15) is 5.10 Å². The minimum absolute atomic E-state index is 0.0572. The Morgan fingerprint density at radius 3 is 2.94 bits per heavy atom. The molecule has 0 aromatic carbocycles. The van der Waals surface area contributed by atoms with Gasteiger partial charge in [0.2, 0.25) is 0 Å². The van der Waals surface area contributed by atoms with Gasteiger partial charge in [0.1, 0.15) is 24.2 Å². The van der Waals surface area contributed by atoms with Gasteiger partial charge in [-0.25, -0.2) is 14.4 Å². The second-order valence-corrected chi connectivity index (χ2v) is 4.28. The quantitative estimate of drug-likeness (QED) is 0.545. The van der Waals surface area contributed by atoms with Crippen molar-refractivity contribution >= 4 is 12.1 Å². The van der Waals surface area contributed by atoms with Gasteiger partial charge in [0.15, 0.2) is 12.4 Å². The minimum Gasteiger partial charge on any atom is -0.393 e. The van der Waals surface area contributed by atoms with Gasteiger partial charge in [0, 0.05) is 0 Å². The van der Waals surface area contributed by atoms with Crippen molar-refractivity contribution in [3.63, 3.8) is 0 Å². The zero-order chi connectivity index (χ0) is 12.6. The van der Waals surface area contributed by atoms with Crippen molar-refractivity contribution in [1.82, 2.24) is 5.01 Å². The van der Waals surface area contributed by atoms with Crippen molar-refractivity contribution < 1.29 is 19.3 Å². The summed E-state index contributed by atoms with van der Waals surface area (Å²) < 4.78 is 19.2. The topological polar surface area (TPSA) is 104 Å². The maximum Gasteiger partial charge on any atom is 0.182 e. The lowest BCUT2D eigenvalue weighted by molar-refractivity contribution is -0.137. The van der Waals surface area contributed by atoms with Crippen LogP contribution in [-0.4, -0.2) is 64.7 Å². The van der Waals surface area contributed by atoms with E-state index in [2.05, 4.69) is 10.1 Å². The molecule has 96 valence electrons. The third-order valence-electron chi connectivity index (χ3n) is 2.93. The van der Waals surface area contributed by atoms with E-state index >= 15 is 0 Å². The second kappa shape index (κ2) is 4.21. The van der Waals surface area contributed by atoms with Gasteiger partial charge in [0.25, 0.3) is 0 Å². The van der Waals surface area contributed by atoms with E-state index in [1.807, 2.05) is 0 Å². The molecule has 4 atom stereocenters. The normalized spacial score (nSPS) is 41.8. The highest BCUT2D eigenvalue weighted by molar-refractivity contribution is 6.28. The molecular formula is C9H15FN4O3. The number of nitrogens with zero attached hydrogens (tertiary/aromatic N) is 3. The van der Waals surface area contributed by atoms with Crippen LogP contribution in [0.25, 0.3) is 0 Å². The number of aliphatic imine (C=N–C) groups is 1. The van der Waals surface area contributed by atoms with Gasteiger partial charge >= 0.3 is 0 Å². The van der Waals surface area contributed by atoms with Gasteiger partial charge in [-0.15, -0.1) is 0 Å². The smallest absolute Gasteiger partial charge is 0.182 e. The largest absolute Gasteiger partial charge is 0.393 e. The summed E-state index contributed by atoms with van der Waals surface area (Å²) in [6, 6.07) is 0. The molecule has 8 heteroatoms. The number of ether oxygens (including phenoxy) is 1. The SMILES string of the molecule is CC1(CO)OC(N2CN=C(N)C=N2)C(F)C1O. The van der Waals surface area contributed by atoms with Crippen LogP contribution in [0.2, 0.25) is 0 Å². The molecule has 2 aliphatic rings. The molecule has 0 spiro atoms. The lowest BCUT2D eigenvalue weighted by Crippen LogP contribution is -2.42. The van der Waals surface area contributed by atoms with Crippen molar-refractivity contribution in [2.75, 3.05) is 13.3 Å². The molecule has 0 aromatic heterocycles. The van der Waals surface area contributed by atoms with E-state index in [1.165, 1.54) is 18.1 Å². The molecule has 0 aromatic rings. The monoisotopic (exact) mass is 246 g/mol. The van der Waals surface area contributed by atoms with Crippen molar-refractivity contribution in [2.24, 2.45) is 15.8 Å². The predicted molar refractivity (Wildman–Crippen MR) is 58.1 cm³/mol. The number of hydrogen-bond acceptors (Lipinski definition) is 7. The maximum atomic E-state index is 13.9. The van der Waals surface area contributed by atoms with Crippen LogP contribution in [-0.2, 0) is 4.74 Å². The number of amidine groups is 1. The van der Waals surface area contributed by atoms with Crippen LogP contribution >= 0.6 is 0 Å². The van der Waals surface area contributed by atoms with Gasteiger partial charge in [-0.05, 0) is 6.92 Å². The lowest BCUT2D eigenvalue weighted by atomic mass is 9.99. The molecule has 7 nitrogen and oxygen atoms in total. The molecule has 0 saturated carbocycles. The van der Waals surface area contributed by atoms with Gasteiger partial charge in [0.05, 0.1) is 12.8 Å². The van der Waals surface area contributed by atoms with Gasteiger partial charge < -0.3 is 20.7 Å². The number of halogens is 1. The molecule has 0 amide bonds. The summed E-state index contributed by atoms with van der Waals surface area (Å²) in [5.41, 5.74) is 4.06. The first kappa shape index (κ1) is 12.2. The Morgan fingerprint density at radius 1 is 1.76 bits per heavy atom. The molecule has 2 heterocycles. The predicted octanol–water partition coefficient (Wildman–Crippen LogP) is -1.59. The number of nitrogens with two attached hydrogens (primary N) is 1. The Labute approximate surface area is 97.4 Å². The van der Waals surface area contributed by atoms with Crippen molar-refractivity contribution in [1.29, 1.82) is 0 Å². The van der Waals surface area contributed by atoms with Crippen LogP contribution in [0, 0.1) is 0 Å². The first-order valence-electron chi connectivity index (χ1n) is 5.19. The highest BCUT2D eigenvalue weighted by Gasteiger charge is 2.54. The third kappa shape index (κ3) is 1.99. The van der Waals surface area contributed by atoms with Crippen LogP contribution in [0.3, 0.4) is 0 Å². The Balaban J connectivity index is 2.12. The van der Waals surface area contributed by atoms with Crippen LogP contribution in [0.1, 0.15) is 6.92 Å². The average Bonchev–Trinajstić information content (AvgIpc) is 2.56. The summed E-state index contributed by atoms with van der Waals surface area (Å²) in [6.07, 6.45) is -2.87. The maximum absolute atomic E-state index is 13.9. The molecule has 1 fully saturated rings. The fourth-order valence-corrected chi connectivity index (χ4v) is 1.77. The van der Waals surface area contributed by atoms with E-state index in [9.17, 15) is 9.50 Å². The molecule has 2 rings (SSSR count). The third-order valence-corrected chi connectivity index (χ3v) is 2.93. The average molecular weight is 246 g/mol. The van der Waals surface area contributed by atoms with E-state index in [4.69, 9.17) is 15.6 Å². The number of alkyl halides is 1. The zero-order valence-electron chi connectivity index (χ0n) is 9.32. The molecular weight excluding hydrogens is 231 g/mol. The number of hydrogen-bond donors (Lipinski definition) is 3. The molecule has 4 N–H and O–H groups in total. The summed E-state index contributed by atoms with van der Waals surface area (Å²) in [7, 11) is 0. The second-order valence-electron chi connectivity index (χ2n) is 4.28. The molecule has 4 unspecified atom stereocenters. The number of aliphatic hydroxyl groups excluding tert-OH is 2. The summed E-state index contributed by atoms with van der Waals surface area (Å²) in [5.74, 6) is 0.250. The Kier molecular flexibility index (Phi) is 3.02. The molecule has 2 aliphatic heterocycles. The summed E-state index contributed by atoms with van der Waals surface area (Å²) >= 11 is 0. The van der Waals surface area contributed by atoms with Gasteiger partial charge in [-0.1, -0.05) is 0 Å². The molecule has 0 radical (unpaired) electrons. The van der Waals surface area contributed by atoms with Crippen LogP contribution in [0.4, 0.5) is 4.39 Å². The van der Waals surface area contributed by atoms with E-state index < -0.39 is 30.7 Å². The number of rotatable bonds is 2. The Hall–Kier alpha value is -1.25. The van der Waals surface area contributed by atoms with E-state index in [-0.39, 0.29) is 12.5 Å². The van der Waals surface area contributed by atoms with Crippen LogP contribution in [0.15, 0.2) is 10.1 Å². The molecule has 0 aliphatic carbocycles. The highest BCUT2D eigenvalue weighted by Crippen LogP contribution is 2.34. The summed E-state index contributed by atoms with van der Waals surface area (Å²) in [4.78, 5) is 3.87. The first-order chi connectivity index (χ1) is 7.98. The lowest BCUT2D eigenvalue weighted by Gasteiger charge is -2.28. The Bertz CT molecular complexity index is 364. The van der Waals surface area contributed by atoms with Crippen molar-refractivity contribution in [3.05, 3.63) is 0 Å². The number of hydrazone groups is 1. The van der Waals surface area contributed by atoms with Crippen LogP contribution < -0.4 is 5.73 Å². The van der Waals surface area contributed by atoms with E-state index in [0.29, 0.717) is 0 Å². The zero-order valence-corrected chi connectivity index (χ0v) is 9.32.